The van der Waals surface area contributed by atoms with E-state index in [2.05, 4.69) is 10.2 Å². The van der Waals surface area contributed by atoms with Crippen LogP contribution >= 0.6 is 0 Å². The Morgan fingerprint density at radius 2 is 2.33 bits per heavy atom. The molecule has 0 radical (unpaired) electrons. The molecule has 0 saturated carbocycles. The summed E-state index contributed by atoms with van der Waals surface area (Å²) < 4.78 is 26.8. The van der Waals surface area contributed by atoms with E-state index in [4.69, 9.17) is 9.88 Å². The third kappa shape index (κ3) is 6.06. The minimum absolute atomic E-state index is 0.0322. The van der Waals surface area contributed by atoms with Gasteiger partial charge in [0, 0.05) is 26.2 Å². The van der Waals surface area contributed by atoms with Crippen molar-refractivity contribution in [2.45, 2.75) is 6.10 Å². The maximum Gasteiger partial charge on any atom is 0.210 e. The molecule has 90 valence electrons. The van der Waals surface area contributed by atoms with E-state index in [1.165, 1.54) is 0 Å². The molecule has 1 saturated heterocycles. The molecule has 0 aromatic rings. The molecule has 1 atom stereocenters. The molecule has 1 rings (SSSR count). The second kappa shape index (κ2) is 5.76. The van der Waals surface area contributed by atoms with Gasteiger partial charge >= 0.3 is 0 Å². The molecular formula is C8H19N3O3S. The van der Waals surface area contributed by atoms with Crippen molar-refractivity contribution in [1.29, 1.82) is 0 Å². The highest BCUT2D eigenvalue weighted by atomic mass is 32.2. The molecule has 1 aliphatic rings. The lowest BCUT2D eigenvalue weighted by molar-refractivity contribution is -0.0178. The van der Waals surface area contributed by atoms with E-state index in [0.717, 1.165) is 19.7 Å². The van der Waals surface area contributed by atoms with Crippen LogP contribution in [0.15, 0.2) is 0 Å². The van der Waals surface area contributed by atoms with E-state index in [-0.39, 0.29) is 11.9 Å². The van der Waals surface area contributed by atoms with Gasteiger partial charge in [0.25, 0.3) is 0 Å². The SMILES string of the molecule is CN1CCOC(CNCCS(N)(=O)=O)C1. The van der Waals surface area contributed by atoms with E-state index in [1.54, 1.807) is 0 Å². The van der Waals surface area contributed by atoms with E-state index in [0.29, 0.717) is 13.1 Å². The van der Waals surface area contributed by atoms with Crippen molar-refractivity contribution in [2.24, 2.45) is 5.14 Å². The smallest absolute Gasteiger partial charge is 0.210 e. The lowest BCUT2D eigenvalue weighted by Crippen LogP contribution is -2.45. The van der Waals surface area contributed by atoms with Gasteiger partial charge < -0.3 is 15.0 Å². The van der Waals surface area contributed by atoms with Crippen molar-refractivity contribution in [3.05, 3.63) is 0 Å². The molecule has 6 nitrogen and oxygen atoms in total. The molecule has 0 aromatic carbocycles. The molecule has 1 aliphatic heterocycles. The highest BCUT2D eigenvalue weighted by Crippen LogP contribution is 2.01. The van der Waals surface area contributed by atoms with Crippen molar-refractivity contribution in [2.75, 3.05) is 45.6 Å². The van der Waals surface area contributed by atoms with Gasteiger partial charge in [0.1, 0.15) is 0 Å². The number of sulfonamides is 1. The molecule has 1 heterocycles. The van der Waals surface area contributed by atoms with Crippen LogP contribution in [0.25, 0.3) is 0 Å². The molecule has 0 bridgehead atoms. The van der Waals surface area contributed by atoms with Crippen LogP contribution in [-0.2, 0) is 14.8 Å². The molecule has 15 heavy (non-hydrogen) atoms. The Hall–Kier alpha value is -0.210. The van der Waals surface area contributed by atoms with Crippen LogP contribution in [0.1, 0.15) is 0 Å². The van der Waals surface area contributed by atoms with Gasteiger partial charge in [-0.25, -0.2) is 13.6 Å². The predicted octanol–water partition coefficient (Wildman–Crippen LogP) is -1.80. The van der Waals surface area contributed by atoms with E-state index >= 15 is 0 Å². The number of hydrogen-bond acceptors (Lipinski definition) is 5. The van der Waals surface area contributed by atoms with Crippen molar-refractivity contribution in [1.82, 2.24) is 10.2 Å². The Morgan fingerprint density at radius 3 is 2.93 bits per heavy atom. The number of morpholine rings is 1. The normalized spacial score (nSPS) is 24.3. The lowest BCUT2D eigenvalue weighted by atomic mass is 10.3. The van der Waals surface area contributed by atoms with Crippen LogP contribution in [-0.4, -0.2) is 65.0 Å². The van der Waals surface area contributed by atoms with Crippen molar-refractivity contribution in [3.8, 4) is 0 Å². The zero-order valence-corrected chi connectivity index (χ0v) is 9.79. The number of rotatable bonds is 5. The van der Waals surface area contributed by atoms with Crippen LogP contribution < -0.4 is 10.5 Å². The maximum atomic E-state index is 10.6. The molecule has 7 heteroatoms. The van der Waals surface area contributed by atoms with Crippen molar-refractivity contribution >= 4 is 10.0 Å². The van der Waals surface area contributed by atoms with E-state index < -0.39 is 10.0 Å². The fraction of sp³-hybridized carbons (Fsp3) is 1.00. The van der Waals surface area contributed by atoms with Gasteiger partial charge in [0.05, 0.1) is 18.5 Å². The van der Waals surface area contributed by atoms with Crippen LogP contribution in [0.3, 0.4) is 0 Å². The molecule has 3 N–H and O–H groups in total. The van der Waals surface area contributed by atoms with Gasteiger partial charge in [0.15, 0.2) is 0 Å². The Kier molecular flexibility index (Phi) is 4.94. The molecule has 0 aromatic heterocycles. The third-order valence-electron chi connectivity index (χ3n) is 2.28. The second-order valence-electron chi connectivity index (χ2n) is 3.83. The summed E-state index contributed by atoms with van der Waals surface area (Å²) in [6, 6.07) is 0. The summed E-state index contributed by atoms with van der Waals surface area (Å²) in [5.74, 6) is -0.0322. The summed E-state index contributed by atoms with van der Waals surface area (Å²) in [7, 11) is -1.31. The number of hydrogen-bond donors (Lipinski definition) is 2. The van der Waals surface area contributed by atoms with Crippen molar-refractivity contribution in [3.63, 3.8) is 0 Å². The first-order chi connectivity index (χ1) is 6.97. The topological polar surface area (TPSA) is 84.7 Å². The van der Waals surface area contributed by atoms with Gasteiger partial charge in [-0.1, -0.05) is 0 Å². The van der Waals surface area contributed by atoms with Crippen LogP contribution in [0.2, 0.25) is 0 Å². The summed E-state index contributed by atoms with van der Waals surface area (Å²) in [4.78, 5) is 2.19. The average Bonchev–Trinajstić information content (AvgIpc) is 2.11. The Bertz CT molecular complexity index is 281. The number of nitrogens with one attached hydrogen (secondary N) is 1. The molecule has 0 aliphatic carbocycles. The second-order valence-corrected chi connectivity index (χ2v) is 5.56. The van der Waals surface area contributed by atoms with Gasteiger partial charge in [-0.2, -0.15) is 0 Å². The van der Waals surface area contributed by atoms with Crippen LogP contribution in [0.5, 0.6) is 0 Å². The van der Waals surface area contributed by atoms with Gasteiger partial charge in [-0.05, 0) is 7.05 Å². The first-order valence-corrected chi connectivity index (χ1v) is 6.70. The summed E-state index contributed by atoms with van der Waals surface area (Å²) >= 11 is 0. The predicted molar refractivity (Wildman–Crippen MR) is 58.1 cm³/mol. The zero-order chi connectivity index (χ0) is 11.3. The standard InChI is InChI=1S/C8H19N3O3S/c1-11-3-4-14-8(7-11)6-10-2-5-15(9,12)13/h8,10H,2-7H2,1H3,(H2,9,12,13). The lowest BCUT2D eigenvalue weighted by Gasteiger charge is -2.30. The minimum Gasteiger partial charge on any atom is -0.374 e. The monoisotopic (exact) mass is 237 g/mol. The first kappa shape index (κ1) is 12.9. The highest BCUT2D eigenvalue weighted by molar-refractivity contribution is 7.89. The number of nitrogens with two attached hydrogens (primary N) is 1. The Labute approximate surface area is 90.8 Å². The third-order valence-corrected chi connectivity index (χ3v) is 3.05. The highest BCUT2D eigenvalue weighted by Gasteiger charge is 2.16. The molecule has 1 unspecified atom stereocenters. The molecule has 1 fully saturated rings. The van der Waals surface area contributed by atoms with Crippen molar-refractivity contribution < 1.29 is 13.2 Å². The Balaban J connectivity index is 2.09. The van der Waals surface area contributed by atoms with Crippen LogP contribution in [0.4, 0.5) is 0 Å². The zero-order valence-electron chi connectivity index (χ0n) is 8.98. The quantitative estimate of drug-likeness (QED) is 0.551. The maximum absolute atomic E-state index is 10.6. The van der Waals surface area contributed by atoms with E-state index in [1.807, 2.05) is 7.05 Å². The summed E-state index contributed by atoms with van der Waals surface area (Å²) in [6.45, 7) is 3.61. The minimum atomic E-state index is -3.35. The fourth-order valence-corrected chi connectivity index (χ4v) is 1.90. The average molecular weight is 237 g/mol. The van der Waals surface area contributed by atoms with Gasteiger partial charge in [0.2, 0.25) is 10.0 Å². The number of primary sulfonamides is 1. The summed E-state index contributed by atoms with van der Waals surface area (Å²) in [5, 5.41) is 7.89. The molecule has 0 amide bonds. The fourth-order valence-electron chi connectivity index (χ4n) is 1.47. The largest absolute Gasteiger partial charge is 0.374 e. The summed E-state index contributed by atoms with van der Waals surface area (Å²) in [5.41, 5.74) is 0. The first-order valence-electron chi connectivity index (χ1n) is 4.99. The molecular weight excluding hydrogens is 218 g/mol. The summed E-state index contributed by atoms with van der Waals surface area (Å²) in [6.07, 6.45) is 0.143. The van der Waals surface area contributed by atoms with E-state index in [9.17, 15) is 8.42 Å². The Morgan fingerprint density at radius 1 is 1.60 bits per heavy atom. The molecule has 0 spiro atoms. The van der Waals surface area contributed by atoms with Gasteiger partial charge in [-0.3, -0.25) is 0 Å². The number of nitrogens with zero attached hydrogens (tertiary/aromatic N) is 1. The number of likely N-dealkylation sites (N-methyl/N-ethyl adjacent to an activating group) is 1. The van der Waals surface area contributed by atoms with Crippen LogP contribution in [0, 0.1) is 0 Å². The van der Waals surface area contributed by atoms with Gasteiger partial charge in [-0.15, -0.1) is 0 Å². The number of ether oxygens (including phenoxy) is 1.